The molecule has 1 aliphatic heterocycles. The molecule has 0 amide bonds. The summed E-state index contributed by atoms with van der Waals surface area (Å²) < 4.78 is 27.1. The van der Waals surface area contributed by atoms with Crippen LogP contribution in [0.1, 0.15) is 26.2 Å². The molecule has 2 rings (SSSR count). The normalized spacial score (nSPS) is 18.9. The van der Waals surface area contributed by atoms with Gasteiger partial charge in [-0.15, -0.1) is 0 Å². The second-order valence-corrected chi connectivity index (χ2v) is 7.09. The number of aromatic hydroxyl groups is 1. The van der Waals surface area contributed by atoms with E-state index in [2.05, 4.69) is 9.62 Å². The molecule has 1 heterocycles. The van der Waals surface area contributed by atoms with Crippen molar-refractivity contribution < 1.29 is 13.5 Å². The predicted octanol–water partition coefficient (Wildman–Crippen LogP) is 1.54. The van der Waals surface area contributed by atoms with E-state index in [0.717, 1.165) is 19.6 Å². The van der Waals surface area contributed by atoms with Gasteiger partial charge in [-0.3, -0.25) is 0 Å². The quantitative estimate of drug-likeness (QED) is 0.865. The van der Waals surface area contributed by atoms with Crippen molar-refractivity contribution in [2.24, 2.45) is 0 Å². The molecule has 1 atom stereocenters. The molecule has 0 bridgehead atoms. The van der Waals surface area contributed by atoms with Crippen LogP contribution in [-0.4, -0.2) is 44.1 Å². The summed E-state index contributed by atoms with van der Waals surface area (Å²) in [5.74, 6) is -0.0449. The number of hydrogen-bond acceptors (Lipinski definition) is 4. The molecule has 1 unspecified atom stereocenters. The Kier molecular flexibility index (Phi) is 5.01. The van der Waals surface area contributed by atoms with Gasteiger partial charge in [0, 0.05) is 12.6 Å². The number of rotatable bonds is 5. The van der Waals surface area contributed by atoms with Crippen molar-refractivity contribution in [2.45, 2.75) is 37.1 Å². The molecule has 0 radical (unpaired) electrons. The smallest absolute Gasteiger partial charge is 0.240 e. The predicted molar refractivity (Wildman–Crippen MR) is 78.2 cm³/mol. The van der Waals surface area contributed by atoms with E-state index in [1.165, 1.54) is 43.5 Å². The molecule has 5 nitrogen and oxygen atoms in total. The Morgan fingerprint density at radius 2 is 2.00 bits per heavy atom. The molecule has 0 spiro atoms. The molecule has 20 heavy (non-hydrogen) atoms. The van der Waals surface area contributed by atoms with E-state index in [4.69, 9.17) is 0 Å². The molecule has 1 aromatic rings. The maximum Gasteiger partial charge on any atom is 0.240 e. The number of piperidine rings is 1. The number of nitrogens with one attached hydrogen (secondary N) is 1. The summed E-state index contributed by atoms with van der Waals surface area (Å²) in [6, 6.07) is 5.57. The summed E-state index contributed by atoms with van der Waals surface area (Å²) in [4.78, 5) is 2.39. The number of phenolic OH excluding ortho intramolecular Hbond substituents is 1. The van der Waals surface area contributed by atoms with Crippen LogP contribution >= 0.6 is 0 Å². The van der Waals surface area contributed by atoms with Gasteiger partial charge in [0.05, 0.1) is 4.90 Å². The number of likely N-dealkylation sites (tertiary alicyclic amines) is 1. The van der Waals surface area contributed by atoms with Gasteiger partial charge in [0.2, 0.25) is 10.0 Å². The van der Waals surface area contributed by atoms with Crippen LogP contribution in [0.4, 0.5) is 0 Å². The van der Waals surface area contributed by atoms with Gasteiger partial charge >= 0.3 is 0 Å². The van der Waals surface area contributed by atoms with Gasteiger partial charge in [-0.1, -0.05) is 12.5 Å². The number of benzene rings is 1. The van der Waals surface area contributed by atoms with Crippen LogP contribution in [0.15, 0.2) is 29.2 Å². The highest BCUT2D eigenvalue weighted by Gasteiger charge is 2.20. The lowest BCUT2D eigenvalue weighted by Crippen LogP contribution is -2.43. The summed E-state index contributed by atoms with van der Waals surface area (Å²) in [6.45, 7) is 4.67. The van der Waals surface area contributed by atoms with Crippen molar-refractivity contribution in [3.05, 3.63) is 24.3 Å². The Bertz CT molecular complexity index is 539. The Morgan fingerprint density at radius 1 is 1.30 bits per heavy atom. The molecule has 2 N–H and O–H groups in total. The maximum absolute atomic E-state index is 12.2. The summed E-state index contributed by atoms with van der Waals surface area (Å²) >= 11 is 0. The zero-order valence-corrected chi connectivity index (χ0v) is 12.6. The molecule has 0 aromatic heterocycles. The van der Waals surface area contributed by atoms with Gasteiger partial charge in [-0.05, 0) is 51.1 Å². The second kappa shape index (κ2) is 6.56. The van der Waals surface area contributed by atoms with E-state index in [1.54, 1.807) is 0 Å². The third-order valence-electron chi connectivity index (χ3n) is 3.46. The van der Waals surface area contributed by atoms with Crippen LogP contribution in [0.3, 0.4) is 0 Å². The monoisotopic (exact) mass is 298 g/mol. The fourth-order valence-corrected chi connectivity index (χ4v) is 3.82. The van der Waals surface area contributed by atoms with E-state index in [1.807, 2.05) is 6.92 Å². The zero-order valence-electron chi connectivity index (χ0n) is 11.7. The molecule has 1 fully saturated rings. The SMILES string of the molecule is CC(CN1CCCCC1)NS(=O)(=O)c1cccc(O)c1. The lowest BCUT2D eigenvalue weighted by molar-refractivity contribution is 0.215. The maximum atomic E-state index is 12.2. The summed E-state index contributed by atoms with van der Waals surface area (Å²) in [6.07, 6.45) is 3.64. The molecule has 6 heteroatoms. The fourth-order valence-electron chi connectivity index (χ4n) is 2.55. The van der Waals surface area contributed by atoms with E-state index in [-0.39, 0.29) is 16.7 Å². The molecule has 112 valence electrons. The first-order chi connectivity index (χ1) is 9.47. The molecular weight excluding hydrogens is 276 g/mol. The molecular formula is C14H22N2O3S. The Balaban J connectivity index is 1.97. The van der Waals surface area contributed by atoms with Crippen molar-refractivity contribution in [1.82, 2.24) is 9.62 Å². The fraction of sp³-hybridized carbons (Fsp3) is 0.571. The first-order valence-electron chi connectivity index (χ1n) is 7.01. The van der Waals surface area contributed by atoms with Gasteiger partial charge in [0.1, 0.15) is 5.75 Å². The minimum Gasteiger partial charge on any atom is -0.508 e. The Hall–Kier alpha value is -1.11. The zero-order chi connectivity index (χ0) is 14.6. The van der Waals surface area contributed by atoms with Crippen LogP contribution in [-0.2, 0) is 10.0 Å². The highest BCUT2D eigenvalue weighted by atomic mass is 32.2. The van der Waals surface area contributed by atoms with Crippen LogP contribution < -0.4 is 4.72 Å². The van der Waals surface area contributed by atoms with E-state index in [0.29, 0.717) is 0 Å². The van der Waals surface area contributed by atoms with Crippen molar-refractivity contribution in [3.8, 4) is 5.75 Å². The highest BCUT2D eigenvalue weighted by molar-refractivity contribution is 7.89. The number of sulfonamides is 1. The summed E-state index contributed by atoms with van der Waals surface area (Å²) in [7, 11) is -3.57. The molecule has 1 aromatic carbocycles. The van der Waals surface area contributed by atoms with Gasteiger partial charge < -0.3 is 10.0 Å². The number of phenols is 1. The number of nitrogens with zero attached hydrogens (tertiary/aromatic N) is 1. The van der Waals surface area contributed by atoms with E-state index >= 15 is 0 Å². The molecule has 0 aliphatic carbocycles. The lowest BCUT2D eigenvalue weighted by atomic mass is 10.1. The van der Waals surface area contributed by atoms with E-state index in [9.17, 15) is 13.5 Å². The minimum absolute atomic E-state index is 0.0449. The first-order valence-corrected chi connectivity index (χ1v) is 8.49. The van der Waals surface area contributed by atoms with Crippen LogP contribution in [0.5, 0.6) is 5.75 Å². The van der Waals surface area contributed by atoms with Gasteiger partial charge in [-0.2, -0.15) is 0 Å². The third kappa shape index (κ3) is 4.19. The van der Waals surface area contributed by atoms with Gasteiger partial charge in [-0.25, -0.2) is 13.1 Å². The van der Waals surface area contributed by atoms with Gasteiger partial charge in [0.25, 0.3) is 0 Å². The van der Waals surface area contributed by atoms with Crippen LogP contribution in [0.25, 0.3) is 0 Å². The standard InChI is InChI=1S/C14H22N2O3S/c1-12(11-16-8-3-2-4-9-16)15-20(18,19)14-7-5-6-13(17)10-14/h5-7,10,12,15,17H,2-4,8-9,11H2,1H3. The first kappa shape index (κ1) is 15.3. The topological polar surface area (TPSA) is 69.6 Å². The third-order valence-corrected chi connectivity index (χ3v) is 5.05. The molecule has 1 aliphatic rings. The molecule has 0 saturated carbocycles. The van der Waals surface area contributed by atoms with Crippen LogP contribution in [0.2, 0.25) is 0 Å². The van der Waals surface area contributed by atoms with Crippen LogP contribution in [0, 0.1) is 0 Å². The number of hydrogen-bond donors (Lipinski definition) is 2. The largest absolute Gasteiger partial charge is 0.508 e. The van der Waals surface area contributed by atoms with Crippen molar-refractivity contribution in [1.29, 1.82) is 0 Å². The second-order valence-electron chi connectivity index (χ2n) is 5.38. The Morgan fingerprint density at radius 3 is 2.65 bits per heavy atom. The van der Waals surface area contributed by atoms with Crippen molar-refractivity contribution >= 4 is 10.0 Å². The Labute approximate surface area is 120 Å². The summed E-state index contributed by atoms with van der Waals surface area (Å²) in [5.41, 5.74) is 0. The average Bonchev–Trinajstić information content (AvgIpc) is 2.39. The average molecular weight is 298 g/mol. The highest BCUT2D eigenvalue weighted by Crippen LogP contribution is 2.16. The minimum atomic E-state index is -3.57. The lowest BCUT2D eigenvalue weighted by Gasteiger charge is -2.29. The van der Waals surface area contributed by atoms with Crippen molar-refractivity contribution in [3.63, 3.8) is 0 Å². The molecule has 1 saturated heterocycles. The van der Waals surface area contributed by atoms with E-state index < -0.39 is 10.0 Å². The van der Waals surface area contributed by atoms with Crippen molar-refractivity contribution in [2.75, 3.05) is 19.6 Å². The summed E-state index contributed by atoms with van der Waals surface area (Å²) in [5, 5.41) is 9.37. The van der Waals surface area contributed by atoms with Gasteiger partial charge in [0.15, 0.2) is 0 Å².